The predicted octanol–water partition coefficient (Wildman–Crippen LogP) is 3.10. The van der Waals surface area contributed by atoms with Crippen LogP contribution in [0.4, 0.5) is 0 Å². The van der Waals surface area contributed by atoms with E-state index in [1.54, 1.807) is 0 Å². The molecule has 0 saturated heterocycles. The highest BCUT2D eigenvalue weighted by Gasteiger charge is 2.25. The lowest BCUT2D eigenvalue weighted by molar-refractivity contribution is 0.410. The molecule has 1 saturated carbocycles. The number of rotatable bonds is 2. The Morgan fingerprint density at radius 2 is 1.92 bits per heavy atom. The van der Waals surface area contributed by atoms with Gasteiger partial charge in [-0.1, -0.05) is 19.9 Å². The summed E-state index contributed by atoms with van der Waals surface area (Å²) in [6, 6.07) is 0. The highest BCUT2D eigenvalue weighted by molar-refractivity contribution is 5.35. The van der Waals surface area contributed by atoms with E-state index in [0.29, 0.717) is 0 Å². The molecular weight excluding hydrogens is 158 g/mol. The molecule has 1 fully saturated rings. The van der Waals surface area contributed by atoms with Gasteiger partial charge in [0.05, 0.1) is 0 Å². The maximum absolute atomic E-state index is 3.13. The summed E-state index contributed by atoms with van der Waals surface area (Å²) in [7, 11) is 1.98. The summed E-state index contributed by atoms with van der Waals surface area (Å²) in [6.45, 7) is 6.78. The first kappa shape index (κ1) is 10.4. The predicted molar refractivity (Wildman–Crippen MR) is 58.5 cm³/mol. The molecule has 0 bridgehead atoms. The topological polar surface area (TPSA) is 12.0 Å². The van der Waals surface area contributed by atoms with Crippen LogP contribution in [0.25, 0.3) is 0 Å². The Kier molecular flexibility index (Phi) is 3.58. The number of allylic oxidation sites excluding steroid dienone is 3. The largest absolute Gasteiger partial charge is 0.394 e. The van der Waals surface area contributed by atoms with Gasteiger partial charge in [-0.2, -0.15) is 0 Å². The monoisotopic (exact) mass is 179 g/mol. The molecule has 0 radical (unpaired) electrons. The Labute approximate surface area is 81.9 Å². The fraction of sp³-hybridized carbons (Fsp3) is 0.667. The molecule has 0 amide bonds. The van der Waals surface area contributed by atoms with Crippen LogP contribution in [0.2, 0.25) is 0 Å². The molecular formula is C12H21N. The molecule has 1 atom stereocenters. The number of nitrogens with one attached hydrogen (secondary N) is 1. The van der Waals surface area contributed by atoms with Crippen LogP contribution in [0.3, 0.4) is 0 Å². The second-order valence-corrected chi connectivity index (χ2v) is 4.18. The quantitative estimate of drug-likeness (QED) is 0.687. The van der Waals surface area contributed by atoms with E-state index in [1.807, 2.05) is 7.05 Å². The normalized spacial score (nSPS) is 29.2. The molecule has 1 heteroatoms. The van der Waals surface area contributed by atoms with E-state index in [4.69, 9.17) is 0 Å². The first-order valence-corrected chi connectivity index (χ1v) is 5.21. The summed E-state index contributed by atoms with van der Waals surface area (Å²) in [5.41, 5.74) is 3.04. The van der Waals surface area contributed by atoms with Gasteiger partial charge < -0.3 is 5.32 Å². The van der Waals surface area contributed by atoms with Crippen LogP contribution >= 0.6 is 0 Å². The molecule has 0 aromatic heterocycles. The summed E-state index contributed by atoms with van der Waals surface area (Å²) < 4.78 is 0. The third kappa shape index (κ3) is 2.36. The molecule has 1 rings (SSSR count). The molecule has 13 heavy (non-hydrogen) atoms. The van der Waals surface area contributed by atoms with Gasteiger partial charge in [0, 0.05) is 7.05 Å². The number of hydrogen-bond acceptors (Lipinski definition) is 1. The van der Waals surface area contributed by atoms with Gasteiger partial charge in [0.15, 0.2) is 0 Å². The molecule has 0 aliphatic heterocycles. The van der Waals surface area contributed by atoms with Gasteiger partial charge >= 0.3 is 0 Å². The van der Waals surface area contributed by atoms with Crippen molar-refractivity contribution < 1.29 is 0 Å². The van der Waals surface area contributed by atoms with Gasteiger partial charge in [-0.15, -0.1) is 0 Å². The van der Waals surface area contributed by atoms with Gasteiger partial charge in [-0.25, -0.2) is 0 Å². The third-order valence-electron chi connectivity index (χ3n) is 2.99. The molecule has 1 nitrogen and oxygen atoms in total. The van der Waals surface area contributed by atoms with E-state index in [2.05, 4.69) is 38.4 Å². The van der Waals surface area contributed by atoms with Gasteiger partial charge in [-0.05, 0) is 48.9 Å². The van der Waals surface area contributed by atoms with Crippen molar-refractivity contribution in [2.75, 3.05) is 7.05 Å². The minimum Gasteiger partial charge on any atom is -0.394 e. The standard InChI is InChI=1S/C12H21N/c1-5-10-6-11(9(2)3)7-12(10)8-13-4/h5,8-9,11,13H,6-7H2,1-4H3/b10-5-,12-8-. The summed E-state index contributed by atoms with van der Waals surface area (Å²) in [4.78, 5) is 0. The van der Waals surface area contributed by atoms with E-state index in [9.17, 15) is 0 Å². The molecule has 0 aromatic rings. The molecule has 1 aliphatic carbocycles. The third-order valence-corrected chi connectivity index (χ3v) is 2.99. The van der Waals surface area contributed by atoms with Crippen molar-refractivity contribution in [3.05, 3.63) is 23.4 Å². The van der Waals surface area contributed by atoms with Crippen molar-refractivity contribution in [2.24, 2.45) is 11.8 Å². The SMILES string of the molecule is C/C=C1/CC(C(C)C)C/C1=C/NC. The summed E-state index contributed by atoms with van der Waals surface area (Å²) in [5.74, 6) is 1.66. The lowest BCUT2D eigenvalue weighted by atomic mass is 9.94. The van der Waals surface area contributed by atoms with Gasteiger partial charge in [0.25, 0.3) is 0 Å². The van der Waals surface area contributed by atoms with Crippen LogP contribution in [0.5, 0.6) is 0 Å². The second kappa shape index (κ2) is 4.50. The van der Waals surface area contributed by atoms with Crippen molar-refractivity contribution in [1.29, 1.82) is 0 Å². The van der Waals surface area contributed by atoms with Gasteiger partial charge in [-0.3, -0.25) is 0 Å². The Bertz CT molecular complexity index is 223. The molecule has 74 valence electrons. The molecule has 1 unspecified atom stereocenters. The highest BCUT2D eigenvalue weighted by atomic mass is 14.8. The zero-order chi connectivity index (χ0) is 9.84. The maximum atomic E-state index is 3.13. The van der Waals surface area contributed by atoms with E-state index in [1.165, 1.54) is 24.0 Å². The average Bonchev–Trinajstić information content (AvgIpc) is 2.48. The first-order chi connectivity index (χ1) is 6.19. The fourth-order valence-electron chi connectivity index (χ4n) is 2.00. The summed E-state index contributed by atoms with van der Waals surface area (Å²) >= 11 is 0. The zero-order valence-corrected chi connectivity index (χ0v) is 9.22. The van der Waals surface area contributed by atoms with Crippen molar-refractivity contribution >= 4 is 0 Å². The van der Waals surface area contributed by atoms with Crippen LogP contribution in [0.1, 0.15) is 33.6 Å². The molecule has 1 aliphatic rings. The van der Waals surface area contributed by atoms with Gasteiger partial charge in [0.2, 0.25) is 0 Å². The minimum absolute atomic E-state index is 0.803. The average molecular weight is 179 g/mol. The Morgan fingerprint density at radius 3 is 2.38 bits per heavy atom. The maximum Gasteiger partial charge on any atom is 0.00278 e. The molecule has 0 heterocycles. The first-order valence-electron chi connectivity index (χ1n) is 5.21. The summed E-state index contributed by atoms with van der Waals surface area (Å²) in [6.07, 6.45) is 6.92. The Balaban J connectivity index is 2.73. The van der Waals surface area contributed by atoms with E-state index < -0.39 is 0 Å². The zero-order valence-electron chi connectivity index (χ0n) is 9.22. The summed E-state index contributed by atoms with van der Waals surface area (Å²) in [5, 5.41) is 3.13. The van der Waals surface area contributed by atoms with Crippen LogP contribution in [0, 0.1) is 11.8 Å². The van der Waals surface area contributed by atoms with Gasteiger partial charge in [0.1, 0.15) is 0 Å². The lowest BCUT2D eigenvalue weighted by Crippen LogP contribution is -2.02. The molecule has 0 aromatic carbocycles. The fourth-order valence-corrected chi connectivity index (χ4v) is 2.00. The van der Waals surface area contributed by atoms with Crippen molar-refractivity contribution in [3.8, 4) is 0 Å². The van der Waals surface area contributed by atoms with Crippen LogP contribution in [0.15, 0.2) is 23.4 Å². The second-order valence-electron chi connectivity index (χ2n) is 4.18. The van der Waals surface area contributed by atoms with E-state index in [-0.39, 0.29) is 0 Å². The van der Waals surface area contributed by atoms with Crippen molar-refractivity contribution in [1.82, 2.24) is 5.32 Å². The van der Waals surface area contributed by atoms with Crippen LogP contribution in [-0.2, 0) is 0 Å². The van der Waals surface area contributed by atoms with Crippen LogP contribution in [-0.4, -0.2) is 7.05 Å². The highest BCUT2D eigenvalue weighted by Crippen LogP contribution is 2.38. The molecule has 0 spiro atoms. The lowest BCUT2D eigenvalue weighted by Gasteiger charge is -2.11. The Morgan fingerprint density at radius 1 is 1.31 bits per heavy atom. The van der Waals surface area contributed by atoms with E-state index in [0.717, 1.165) is 11.8 Å². The van der Waals surface area contributed by atoms with Crippen molar-refractivity contribution in [2.45, 2.75) is 33.6 Å². The Hall–Kier alpha value is -0.720. The smallest absolute Gasteiger partial charge is 0.00278 e. The van der Waals surface area contributed by atoms with Crippen molar-refractivity contribution in [3.63, 3.8) is 0 Å². The number of hydrogen-bond donors (Lipinski definition) is 1. The van der Waals surface area contributed by atoms with E-state index >= 15 is 0 Å². The minimum atomic E-state index is 0.803. The molecule has 1 N–H and O–H groups in total. The van der Waals surface area contributed by atoms with Crippen LogP contribution < -0.4 is 5.32 Å².